The number of ether oxygens (including phenoxy) is 1. The molecule has 1 rings (SSSR count). The Kier molecular flexibility index (Phi) is 5.83. The van der Waals surface area contributed by atoms with Gasteiger partial charge in [0.2, 0.25) is 0 Å². The van der Waals surface area contributed by atoms with E-state index < -0.39 is 0 Å². The first-order valence-corrected chi connectivity index (χ1v) is 6.35. The monoisotopic (exact) mass is 229 g/mol. The van der Waals surface area contributed by atoms with Crippen molar-refractivity contribution in [1.29, 1.82) is 0 Å². The summed E-state index contributed by atoms with van der Waals surface area (Å²) in [4.78, 5) is 0. The number of furan rings is 1. The molecule has 0 aromatic carbocycles. The van der Waals surface area contributed by atoms with Crippen molar-refractivity contribution < 1.29 is 9.15 Å². The van der Waals surface area contributed by atoms with Crippen molar-refractivity contribution in [3.63, 3.8) is 0 Å². The van der Waals surface area contributed by atoms with Gasteiger partial charge >= 0.3 is 0 Å². The van der Waals surface area contributed by atoms with Crippen LogP contribution >= 0.6 is 11.8 Å². The van der Waals surface area contributed by atoms with Gasteiger partial charge in [0.15, 0.2) is 0 Å². The summed E-state index contributed by atoms with van der Waals surface area (Å²) >= 11 is 1.80. The molecule has 1 aromatic heterocycles. The molecular formula is C11H19NO2S. The van der Waals surface area contributed by atoms with Gasteiger partial charge in [-0.3, -0.25) is 0 Å². The largest absolute Gasteiger partial charge is 0.468 e. The van der Waals surface area contributed by atoms with Crippen molar-refractivity contribution in [1.82, 2.24) is 0 Å². The second-order valence-corrected chi connectivity index (χ2v) is 4.39. The van der Waals surface area contributed by atoms with E-state index in [1.54, 1.807) is 18.0 Å². The molecule has 1 aromatic rings. The molecular weight excluding hydrogens is 210 g/mol. The van der Waals surface area contributed by atoms with Crippen LogP contribution < -0.4 is 5.73 Å². The van der Waals surface area contributed by atoms with Crippen LogP contribution in [0.1, 0.15) is 18.2 Å². The highest BCUT2D eigenvalue weighted by Crippen LogP contribution is 2.17. The maximum atomic E-state index is 5.59. The van der Waals surface area contributed by atoms with Crippen LogP contribution in [-0.2, 0) is 10.5 Å². The van der Waals surface area contributed by atoms with E-state index in [9.17, 15) is 0 Å². The molecule has 0 saturated heterocycles. The first-order valence-electron chi connectivity index (χ1n) is 5.20. The minimum atomic E-state index is 0.162. The third-order valence-corrected chi connectivity index (χ3v) is 3.24. The van der Waals surface area contributed by atoms with Crippen molar-refractivity contribution >= 4 is 11.8 Å². The Morgan fingerprint density at radius 1 is 1.60 bits per heavy atom. The zero-order chi connectivity index (χ0) is 11.1. The molecule has 0 saturated carbocycles. The lowest BCUT2D eigenvalue weighted by Gasteiger charge is -2.13. The number of rotatable bonds is 7. The average molecular weight is 229 g/mol. The molecule has 0 amide bonds. The van der Waals surface area contributed by atoms with Crippen LogP contribution in [0.4, 0.5) is 0 Å². The molecule has 1 heterocycles. The summed E-state index contributed by atoms with van der Waals surface area (Å²) in [5.41, 5.74) is 6.80. The van der Waals surface area contributed by atoms with E-state index in [1.807, 2.05) is 13.0 Å². The van der Waals surface area contributed by atoms with Gasteiger partial charge < -0.3 is 14.9 Å². The number of hydrogen-bond donors (Lipinski definition) is 1. The van der Waals surface area contributed by atoms with Gasteiger partial charge in [0, 0.05) is 18.9 Å². The Hall–Kier alpha value is -0.450. The summed E-state index contributed by atoms with van der Waals surface area (Å²) in [7, 11) is 0. The van der Waals surface area contributed by atoms with Gasteiger partial charge in [-0.1, -0.05) is 0 Å². The highest BCUT2D eigenvalue weighted by Gasteiger charge is 2.07. The van der Waals surface area contributed by atoms with E-state index in [1.165, 1.54) is 5.56 Å². The van der Waals surface area contributed by atoms with Crippen LogP contribution in [0.5, 0.6) is 0 Å². The van der Waals surface area contributed by atoms with Crippen molar-refractivity contribution in [2.45, 2.75) is 25.7 Å². The van der Waals surface area contributed by atoms with Crippen LogP contribution in [0.3, 0.4) is 0 Å². The molecule has 15 heavy (non-hydrogen) atoms. The molecule has 1 atom stereocenters. The van der Waals surface area contributed by atoms with E-state index >= 15 is 0 Å². The first-order chi connectivity index (χ1) is 7.27. The van der Waals surface area contributed by atoms with E-state index in [4.69, 9.17) is 14.9 Å². The highest BCUT2D eigenvalue weighted by atomic mass is 32.2. The Morgan fingerprint density at radius 2 is 2.40 bits per heavy atom. The molecule has 86 valence electrons. The zero-order valence-corrected chi connectivity index (χ0v) is 10.2. The molecule has 0 aliphatic heterocycles. The predicted molar refractivity (Wildman–Crippen MR) is 64.1 cm³/mol. The first kappa shape index (κ1) is 12.6. The third kappa shape index (κ3) is 4.28. The third-order valence-electron chi connectivity index (χ3n) is 2.17. The molecule has 0 aliphatic carbocycles. The summed E-state index contributed by atoms with van der Waals surface area (Å²) in [6.07, 6.45) is 1.89. The molecule has 3 nitrogen and oxygen atoms in total. The van der Waals surface area contributed by atoms with Crippen molar-refractivity contribution in [2.24, 2.45) is 5.73 Å². The fourth-order valence-electron chi connectivity index (χ4n) is 1.25. The smallest absolute Gasteiger partial charge is 0.116 e. The van der Waals surface area contributed by atoms with Crippen LogP contribution in [0.25, 0.3) is 0 Å². The van der Waals surface area contributed by atoms with Gasteiger partial charge in [0.25, 0.3) is 0 Å². The molecule has 2 N–H and O–H groups in total. The number of hydrogen-bond acceptors (Lipinski definition) is 4. The summed E-state index contributed by atoms with van der Waals surface area (Å²) < 4.78 is 10.8. The molecule has 0 bridgehead atoms. The topological polar surface area (TPSA) is 48.4 Å². The number of thioether (sulfide) groups is 1. The van der Waals surface area contributed by atoms with Crippen LogP contribution in [0.15, 0.2) is 16.7 Å². The van der Waals surface area contributed by atoms with Gasteiger partial charge in [-0.05, 0) is 25.5 Å². The highest BCUT2D eigenvalue weighted by molar-refractivity contribution is 7.98. The molecule has 0 fully saturated rings. The maximum Gasteiger partial charge on any atom is 0.116 e. The van der Waals surface area contributed by atoms with Crippen molar-refractivity contribution in [3.05, 3.63) is 23.7 Å². The Morgan fingerprint density at radius 3 is 2.93 bits per heavy atom. The van der Waals surface area contributed by atoms with Crippen molar-refractivity contribution in [3.8, 4) is 0 Å². The molecule has 0 aliphatic rings. The Bertz CT molecular complexity index is 275. The van der Waals surface area contributed by atoms with Gasteiger partial charge in [-0.15, -0.1) is 0 Å². The van der Waals surface area contributed by atoms with Crippen LogP contribution in [0, 0.1) is 6.92 Å². The SMILES string of the molecule is CCOC(CN)CSCc1occc1C. The summed E-state index contributed by atoms with van der Waals surface area (Å²) in [5, 5.41) is 0. The van der Waals surface area contributed by atoms with Gasteiger partial charge in [0.1, 0.15) is 5.76 Å². The van der Waals surface area contributed by atoms with Crippen molar-refractivity contribution in [2.75, 3.05) is 18.9 Å². The Labute approximate surface area is 95.4 Å². The normalized spacial score (nSPS) is 13.0. The minimum Gasteiger partial charge on any atom is -0.468 e. The lowest BCUT2D eigenvalue weighted by molar-refractivity contribution is 0.0858. The molecule has 0 radical (unpaired) electrons. The predicted octanol–water partition coefficient (Wildman–Crippen LogP) is 2.19. The van der Waals surface area contributed by atoms with Crippen LogP contribution in [-0.4, -0.2) is 25.0 Å². The van der Waals surface area contributed by atoms with Gasteiger partial charge in [-0.2, -0.15) is 11.8 Å². The fraction of sp³-hybridized carbons (Fsp3) is 0.636. The number of aryl methyl sites for hydroxylation is 1. The standard InChI is InChI=1S/C11H19NO2S/c1-3-13-10(6-12)7-15-8-11-9(2)4-5-14-11/h4-5,10H,3,6-8,12H2,1-2H3. The lowest BCUT2D eigenvalue weighted by Crippen LogP contribution is -2.26. The second kappa shape index (κ2) is 6.93. The van der Waals surface area contributed by atoms with Gasteiger partial charge in [-0.25, -0.2) is 0 Å². The van der Waals surface area contributed by atoms with E-state index in [0.29, 0.717) is 6.54 Å². The van der Waals surface area contributed by atoms with E-state index in [2.05, 4.69) is 6.92 Å². The average Bonchev–Trinajstić information content (AvgIpc) is 2.63. The number of nitrogens with two attached hydrogens (primary N) is 1. The van der Waals surface area contributed by atoms with E-state index in [-0.39, 0.29) is 6.10 Å². The lowest BCUT2D eigenvalue weighted by atomic mass is 10.3. The quantitative estimate of drug-likeness (QED) is 0.778. The summed E-state index contributed by atoms with van der Waals surface area (Å²) in [6.45, 7) is 5.35. The molecule has 4 heteroatoms. The minimum absolute atomic E-state index is 0.162. The summed E-state index contributed by atoms with van der Waals surface area (Å²) in [6, 6.07) is 1.98. The zero-order valence-electron chi connectivity index (χ0n) is 9.36. The van der Waals surface area contributed by atoms with E-state index in [0.717, 1.165) is 23.9 Å². The fourth-order valence-corrected chi connectivity index (χ4v) is 2.35. The molecule has 1 unspecified atom stereocenters. The summed E-state index contributed by atoms with van der Waals surface area (Å²) in [5.74, 6) is 2.86. The van der Waals surface area contributed by atoms with Crippen LogP contribution in [0.2, 0.25) is 0 Å². The molecule has 0 spiro atoms. The Balaban J connectivity index is 2.23. The second-order valence-electron chi connectivity index (χ2n) is 3.35. The van der Waals surface area contributed by atoms with Gasteiger partial charge in [0.05, 0.1) is 18.1 Å². The maximum absolute atomic E-state index is 5.59.